The molecule has 4 aliphatic carbocycles. The molecule has 4 heteroatoms. The molecule has 0 spiro atoms. The second-order valence-electron chi connectivity index (χ2n) is 12.3. The minimum Gasteiger partial charge on any atom is -0.293 e. The molecule has 0 N–H and O–H groups in total. The van der Waals surface area contributed by atoms with Crippen molar-refractivity contribution in [3.05, 3.63) is 29.8 Å². The second kappa shape index (κ2) is 7.41. The molecular weight excluding hydrogens is 394 g/mol. The smallest absolute Gasteiger partial charge is 0.240 e. The van der Waals surface area contributed by atoms with Crippen LogP contribution in [-0.2, 0) is 4.79 Å². The lowest BCUT2D eigenvalue weighted by Gasteiger charge is -2.55. The zero-order chi connectivity index (χ0) is 22.1. The van der Waals surface area contributed by atoms with E-state index in [4.69, 9.17) is 4.99 Å². The van der Waals surface area contributed by atoms with Crippen LogP contribution < -0.4 is 4.90 Å². The number of anilines is 1. The highest BCUT2D eigenvalue weighted by Crippen LogP contribution is 2.58. The highest BCUT2D eigenvalue weighted by Gasteiger charge is 2.57. The summed E-state index contributed by atoms with van der Waals surface area (Å²) >= 11 is 0. The summed E-state index contributed by atoms with van der Waals surface area (Å²) in [6, 6.07) is 8.59. The maximum atomic E-state index is 14.0. The van der Waals surface area contributed by atoms with Gasteiger partial charge in [0.05, 0.1) is 22.7 Å². The molecule has 0 radical (unpaired) electrons. The summed E-state index contributed by atoms with van der Waals surface area (Å²) in [5.74, 6) is 3.86. The van der Waals surface area contributed by atoms with E-state index in [0.717, 1.165) is 42.4 Å². The SMILES string of the molecule is Cc1ccc(N2C(=O)C(C)(C)[C@@H](N3CCCCC3)C2=NC23CC4CC(CC(C4)C2)C3)cc1. The lowest BCUT2D eigenvalue weighted by Crippen LogP contribution is -2.53. The Morgan fingerprint density at radius 1 is 0.875 bits per heavy atom. The van der Waals surface area contributed by atoms with Crippen molar-refractivity contribution in [1.29, 1.82) is 0 Å². The van der Waals surface area contributed by atoms with Gasteiger partial charge in [-0.25, -0.2) is 0 Å². The topological polar surface area (TPSA) is 35.9 Å². The van der Waals surface area contributed by atoms with Crippen molar-refractivity contribution in [2.24, 2.45) is 28.2 Å². The van der Waals surface area contributed by atoms with Gasteiger partial charge >= 0.3 is 0 Å². The minimum absolute atomic E-state index is 0.0712. The fourth-order valence-corrected chi connectivity index (χ4v) is 8.25. The van der Waals surface area contributed by atoms with Gasteiger partial charge in [0.2, 0.25) is 5.91 Å². The van der Waals surface area contributed by atoms with Gasteiger partial charge in [0.1, 0.15) is 5.84 Å². The summed E-state index contributed by atoms with van der Waals surface area (Å²) in [5.41, 5.74) is 1.84. The van der Waals surface area contributed by atoms with Gasteiger partial charge in [0.25, 0.3) is 0 Å². The van der Waals surface area contributed by atoms with E-state index in [0.29, 0.717) is 0 Å². The van der Waals surface area contributed by atoms with Gasteiger partial charge in [-0.1, -0.05) is 24.1 Å². The quantitative estimate of drug-likeness (QED) is 0.623. The third kappa shape index (κ3) is 3.28. The van der Waals surface area contributed by atoms with Gasteiger partial charge in [-0.15, -0.1) is 0 Å². The van der Waals surface area contributed by atoms with E-state index < -0.39 is 5.41 Å². The summed E-state index contributed by atoms with van der Waals surface area (Å²) in [6.07, 6.45) is 11.8. The number of aryl methyl sites for hydroxylation is 1. The number of amidine groups is 1. The number of carbonyl (C=O) groups is 1. The molecule has 6 fully saturated rings. The van der Waals surface area contributed by atoms with Crippen LogP contribution in [0.3, 0.4) is 0 Å². The van der Waals surface area contributed by atoms with E-state index in [2.05, 4.69) is 49.9 Å². The Morgan fingerprint density at radius 3 is 2.00 bits per heavy atom. The Hall–Kier alpha value is -1.68. The molecule has 0 aromatic heterocycles. The van der Waals surface area contributed by atoms with Gasteiger partial charge in [0.15, 0.2) is 0 Å². The molecule has 1 atom stereocenters. The average Bonchev–Trinajstić information content (AvgIpc) is 2.93. The van der Waals surface area contributed by atoms with E-state index in [9.17, 15) is 4.79 Å². The summed E-state index contributed by atoms with van der Waals surface area (Å²) < 4.78 is 0. The Balaban J connectivity index is 1.47. The summed E-state index contributed by atoms with van der Waals surface area (Å²) in [6.45, 7) is 8.61. The number of piperidine rings is 1. The molecule has 32 heavy (non-hydrogen) atoms. The number of carbonyl (C=O) groups excluding carboxylic acids is 1. The summed E-state index contributed by atoms with van der Waals surface area (Å²) in [5, 5.41) is 0. The summed E-state index contributed by atoms with van der Waals surface area (Å²) in [7, 11) is 0. The zero-order valence-electron chi connectivity index (χ0n) is 20.1. The molecule has 2 saturated heterocycles. The predicted octanol–water partition coefficient (Wildman–Crippen LogP) is 5.59. The first kappa shape index (κ1) is 20.9. The molecule has 2 aliphatic heterocycles. The first-order valence-corrected chi connectivity index (χ1v) is 13.1. The van der Waals surface area contributed by atoms with E-state index in [1.54, 1.807) is 0 Å². The number of rotatable bonds is 3. The van der Waals surface area contributed by atoms with Crippen molar-refractivity contribution < 1.29 is 4.79 Å². The Labute approximate surface area is 193 Å². The first-order valence-electron chi connectivity index (χ1n) is 13.1. The van der Waals surface area contributed by atoms with E-state index in [1.165, 1.54) is 63.4 Å². The number of hydrogen-bond acceptors (Lipinski definition) is 3. The van der Waals surface area contributed by atoms with Crippen LogP contribution in [0.5, 0.6) is 0 Å². The number of benzene rings is 1. The number of nitrogens with zero attached hydrogens (tertiary/aromatic N) is 3. The second-order valence-corrected chi connectivity index (χ2v) is 12.3. The normalized spacial score (nSPS) is 39.9. The van der Waals surface area contributed by atoms with E-state index in [-0.39, 0.29) is 17.5 Å². The zero-order valence-corrected chi connectivity index (χ0v) is 20.1. The fourth-order valence-electron chi connectivity index (χ4n) is 8.25. The maximum absolute atomic E-state index is 14.0. The van der Waals surface area contributed by atoms with Crippen molar-refractivity contribution in [2.45, 2.75) is 90.1 Å². The third-order valence-electron chi connectivity index (χ3n) is 9.32. The van der Waals surface area contributed by atoms with E-state index in [1.807, 2.05) is 4.90 Å². The van der Waals surface area contributed by atoms with Crippen molar-refractivity contribution in [3.63, 3.8) is 0 Å². The molecule has 4 bridgehead atoms. The van der Waals surface area contributed by atoms with Crippen LogP contribution in [0.2, 0.25) is 0 Å². The predicted molar refractivity (Wildman–Crippen MR) is 130 cm³/mol. The van der Waals surface area contributed by atoms with Crippen LogP contribution in [-0.4, -0.2) is 41.3 Å². The molecule has 1 aromatic carbocycles. The molecular formula is C28H39N3O. The van der Waals surface area contributed by atoms with Crippen LogP contribution in [0.15, 0.2) is 29.3 Å². The first-order chi connectivity index (χ1) is 15.3. The number of aliphatic imine (C=N–C) groups is 1. The van der Waals surface area contributed by atoms with Gasteiger partial charge < -0.3 is 0 Å². The highest BCUT2D eigenvalue weighted by atomic mass is 16.2. The fraction of sp³-hybridized carbons (Fsp3) is 0.714. The van der Waals surface area contributed by atoms with Crippen LogP contribution >= 0.6 is 0 Å². The van der Waals surface area contributed by atoms with Crippen molar-refractivity contribution in [2.75, 3.05) is 18.0 Å². The number of likely N-dealkylation sites (tertiary alicyclic amines) is 1. The monoisotopic (exact) mass is 433 g/mol. The molecule has 6 aliphatic rings. The maximum Gasteiger partial charge on any atom is 0.240 e. The Bertz CT molecular complexity index is 889. The van der Waals surface area contributed by atoms with Crippen LogP contribution in [0.1, 0.15) is 77.2 Å². The number of amides is 1. The highest BCUT2D eigenvalue weighted by molar-refractivity contribution is 6.27. The molecule has 1 aromatic rings. The Morgan fingerprint density at radius 2 is 1.44 bits per heavy atom. The van der Waals surface area contributed by atoms with Crippen molar-refractivity contribution >= 4 is 17.4 Å². The minimum atomic E-state index is -0.455. The molecule has 4 saturated carbocycles. The largest absolute Gasteiger partial charge is 0.293 e. The average molecular weight is 434 g/mol. The molecule has 1 amide bonds. The molecule has 4 nitrogen and oxygen atoms in total. The van der Waals surface area contributed by atoms with Crippen LogP contribution in [0, 0.1) is 30.1 Å². The van der Waals surface area contributed by atoms with E-state index >= 15 is 0 Å². The van der Waals surface area contributed by atoms with Gasteiger partial charge in [-0.05, 0) is 115 Å². The lowest BCUT2D eigenvalue weighted by atomic mass is 9.53. The lowest BCUT2D eigenvalue weighted by molar-refractivity contribution is -0.125. The van der Waals surface area contributed by atoms with Crippen LogP contribution in [0.4, 0.5) is 5.69 Å². The van der Waals surface area contributed by atoms with Crippen molar-refractivity contribution in [3.8, 4) is 0 Å². The van der Waals surface area contributed by atoms with Gasteiger partial charge in [-0.3, -0.25) is 19.6 Å². The van der Waals surface area contributed by atoms with Crippen molar-refractivity contribution in [1.82, 2.24) is 4.90 Å². The molecule has 7 rings (SSSR count). The van der Waals surface area contributed by atoms with Crippen LogP contribution in [0.25, 0.3) is 0 Å². The molecule has 172 valence electrons. The third-order valence-corrected chi connectivity index (χ3v) is 9.32. The van der Waals surface area contributed by atoms with Gasteiger partial charge in [-0.2, -0.15) is 0 Å². The summed E-state index contributed by atoms with van der Waals surface area (Å²) in [4.78, 5) is 24.3. The van der Waals surface area contributed by atoms with Gasteiger partial charge in [0, 0.05) is 0 Å². The Kier molecular flexibility index (Phi) is 4.84. The molecule has 0 unspecified atom stereocenters. The molecule has 2 heterocycles. The standard InChI is InChI=1S/C28H39N3O/c1-19-7-9-23(10-8-19)31-25(24(27(2,3)26(31)32)30-11-5-4-6-12-30)29-28-16-20-13-21(17-28)15-22(14-20)18-28/h7-10,20-22,24H,4-6,11-18H2,1-3H3/t20?,21?,22?,24-,28?/m0/s1. The number of hydrogen-bond donors (Lipinski definition) is 0.